The van der Waals surface area contributed by atoms with E-state index in [1.807, 2.05) is 6.07 Å². The molecule has 2 aromatic rings. The molecule has 1 fully saturated rings. The smallest absolute Gasteiger partial charge is 0.303 e. The van der Waals surface area contributed by atoms with Crippen LogP contribution in [-0.2, 0) is 11.2 Å². The van der Waals surface area contributed by atoms with Crippen molar-refractivity contribution in [3.8, 4) is 5.75 Å². The highest BCUT2D eigenvalue weighted by Crippen LogP contribution is 2.27. The van der Waals surface area contributed by atoms with E-state index in [1.54, 1.807) is 0 Å². The Hall–Kier alpha value is -2.01. The van der Waals surface area contributed by atoms with Crippen molar-refractivity contribution in [3.63, 3.8) is 0 Å². The van der Waals surface area contributed by atoms with Crippen molar-refractivity contribution < 1.29 is 14.6 Å². The maximum Gasteiger partial charge on any atom is 0.303 e. The summed E-state index contributed by atoms with van der Waals surface area (Å²) in [4.78, 5) is 16.3. The molecule has 1 aliphatic heterocycles. The number of carboxylic acid groups (broad SMARTS) is 1. The summed E-state index contributed by atoms with van der Waals surface area (Å²) in [6.45, 7) is 1.75. The molecule has 1 atom stereocenters. The monoisotopic (exact) mass is 330 g/mol. The Morgan fingerprint density at radius 1 is 1.42 bits per heavy atom. The summed E-state index contributed by atoms with van der Waals surface area (Å²) in [6.07, 6.45) is 7.36. The fourth-order valence-electron chi connectivity index (χ4n) is 3.48. The van der Waals surface area contributed by atoms with Gasteiger partial charge in [-0.3, -0.25) is 4.79 Å². The molecule has 1 aromatic carbocycles. The van der Waals surface area contributed by atoms with Crippen molar-refractivity contribution in [2.45, 2.75) is 44.6 Å². The molecule has 0 aliphatic carbocycles. The van der Waals surface area contributed by atoms with Gasteiger partial charge < -0.3 is 19.7 Å². The molecule has 1 aliphatic rings. The number of benzene rings is 1. The van der Waals surface area contributed by atoms with E-state index in [9.17, 15) is 4.79 Å². The number of likely N-dealkylation sites (N-methyl/N-ethyl adjacent to an activating group) is 1. The number of aromatic amines is 1. The van der Waals surface area contributed by atoms with Gasteiger partial charge in [0.05, 0.1) is 6.61 Å². The molecule has 1 saturated heterocycles. The molecule has 2 heterocycles. The summed E-state index contributed by atoms with van der Waals surface area (Å²) in [7, 11) is 2.21. The Bertz CT molecular complexity index is 695. The van der Waals surface area contributed by atoms with Crippen LogP contribution < -0.4 is 4.74 Å². The lowest BCUT2D eigenvalue weighted by atomic mass is 10.0. The van der Waals surface area contributed by atoms with E-state index in [1.165, 1.54) is 30.3 Å². The maximum absolute atomic E-state index is 10.5. The number of carbonyl (C=O) groups is 1. The minimum atomic E-state index is -0.745. The van der Waals surface area contributed by atoms with E-state index >= 15 is 0 Å². The number of rotatable bonds is 8. The van der Waals surface area contributed by atoms with Crippen LogP contribution in [0.4, 0.5) is 0 Å². The second kappa shape index (κ2) is 7.71. The highest BCUT2D eigenvalue weighted by atomic mass is 16.5. The molecule has 24 heavy (non-hydrogen) atoms. The first-order valence-electron chi connectivity index (χ1n) is 8.78. The van der Waals surface area contributed by atoms with Gasteiger partial charge in [-0.25, -0.2) is 0 Å². The Balaban J connectivity index is 1.61. The molecule has 0 bridgehead atoms. The number of H-pyrrole nitrogens is 1. The van der Waals surface area contributed by atoms with E-state index in [-0.39, 0.29) is 6.42 Å². The van der Waals surface area contributed by atoms with E-state index in [0.29, 0.717) is 19.1 Å². The van der Waals surface area contributed by atoms with Crippen molar-refractivity contribution in [2.24, 2.45) is 0 Å². The maximum atomic E-state index is 10.5. The first-order chi connectivity index (χ1) is 11.6. The second-order valence-electron chi connectivity index (χ2n) is 6.70. The van der Waals surface area contributed by atoms with Gasteiger partial charge in [-0.2, -0.15) is 0 Å². The highest BCUT2D eigenvalue weighted by Gasteiger charge is 2.22. The SMILES string of the molecule is CN1CCC[C@@H]1Cc1c[nH]c2ccc(OCCCCC(=O)O)cc12. The molecular weight excluding hydrogens is 304 g/mol. The molecule has 0 saturated carbocycles. The van der Waals surface area contributed by atoms with Crippen LogP contribution in [0.2, 0.25) is 0 Å². The van der Waals surface area contributed by atoms with Gasteiger partial charge in [-0.1, -0.05) is 0 Å². The predicted octanol–water partition coefficient (Wildman–Crippen LogP) is 3.44. The number of aromatic nitrogens is 1. The van der Waals surface area contributed by atoms with Crippen LogP contribution in [0.5, 0.6) is 5.75 Å². The lowest BCUT2D eigenvalue weighted by Crippen LogP contribution is -2.26. The minimum Gasteiger partial charge on any atom is -0.494 e. The summed E-state index contributed by atoms with van der Waals surface area (Å²) >= 11 is 0. The van der Waals surface area contributed by atoms with Crippen LogP contribution >= 0.6 is 0 Å². The summed E-state index contributed by atoms with van der Waals surface area (Å²) < 4.78 is 5.79. The number of ether oxygens (including phenoxy) is 1. The summed E-state index contributed by atoms with van der Waals surface area (Å²) in [5.74, 6) is 0.115. The Morgan fingerprint density at radius 3 is 3.04 bits per heavy atom. The fraction of sp³-hybridized carbons (Fsp3) is 0.526. The summed E-state index contributed by atoms with van der Waals surface area (Å²) in [5.41, 5.74) is 2.49. The molecule has 3 rings (SSSR count). The van der Waals surface area contributed by atoms with Gasteiger partial charge in [0.1, 0.15) is 5.75 Å². The number of nitrogens with one attached hydrogen (secondary N) is 1. The average Bonchev–Trinajstić information content (AvgIpc) is 3.14. The van der Waals surface area contributed by atoms with Crippen LogP contribution in [0.3, 0.4) is 0 Å². The minimum absolute atomic E-state index is 0.208. The number of fused-ring (bicyclic) bond motifs is 1. The van der Waals surface area contributed by atoms with Crippen molar-refractivity contribution in [1.29, 1.82) is 0 Å². The first kappa shape index (κ1) is 16.8. The quantitative estimate of drug-likeness (QED) is 0.728. The van der Waals surface area contributed by atoms with Gasteiger partial charge in [0.25, 0.3) is 0 Å². The topological polar surface area (TPSA) is 65.6 Å². The summed E-state index contributed by atoms with van der Waals surface area (Å²) in [6, 6.07) is 6.77. The van der Waals surface area contributed by atoms with Gasteiger partial charge >= 0.3 is 5.97 Å². The number of likely N-dealkylation sites (tertiary alicyclic amines) is 1. The Kier molecular flexibility index (Phi) is 5.41. The zero-order chi connectivity index (χ0) is 16.9. The molecule has 0 spiro atoms. The largest absolute Gasteiger partial charge is 0.494 e. The number of hydrogen-bond acceptors (Lipinski definition) is 3. The van der Waals surface area contributed by atoms with Crippen LogP contribution in [0.1, 0.15) is 37.7 Å². The molecule has 1 aromatic heterocycles. The van der Waals surface area contributed by atoms with Gasteiger partial charge in [0.15, 0.2) is 0 Å². The number of unbranched alkanes of at least 4 members (excludes halogenated alkanes) is 1. The van der Waals surface area contributed by atoms with E-state index in [0.717, 1.165) is 24.1 Å². The van der Waals surface area contributed by atoms with Crippen molar-refractivity contribution >= 4 is 16.9 Å². The van der Waals surface area contributed by atoms with Crippen molar-refractivity contribution in [2.75, 3.05) is 20.2 Å². The lowest BCUT2D eigenvalue weighted by molar-refractivity contribution is -0.137. The molecule has 0 unspecified atom stereocenters. The fourth-order valence-corrected chi connectivity index (χ4v) is 3.48. The molecule has 0 amide bonds. The molecule has 5 heteroatoms. The summed E-state index contributed by atoms with van der Waals surface area (Å²) in [5, 5.41) is 9.88. The zero-order valence-corrected chi connectivity index (χ0v) is 14.3. The number of carboxylic acids is 1. The Morgan fingerprint density at radius 2 is 2.29 bits per heavy atom. The molecule has 2 N–H and O–H groups in total. The molecule has 5 nitrogen and oxygen atoms in total. The third kappa shape index (κ3) is 4.09. The Labute approximate surface area is 142 Å². The van der Waals surface area contributed by atoms with E-state index in [2.05, 4.69) is 35.3 Å². The highest BCUT2D eigenvalue weighted by molar-refractivity contribution is 5.84. The molecule has 0 radical (unpaired) electrons. The average molecular weight is 330 g/mol. The predicted molar refractivity (Wildman–Crippen MR) is 94.6 cm³/mol. The molecular formula is C19H26N2O3. The second-order valence-corrected chi connectivity index (χ2v) is 6.70. The number of nitrogens with zero attached hydrogens (tertiary/aromatic N) is 1. The molecule has 130 valence electrons. The van der Waals surface area contributed by atoms with Crippen LogP contribution in [0, 0.1) is 0 Å². The third-order valence-corrected chi connectivity index (χ3v) is 4.92. The first-order valence-corrected chi connectivity index (χ1v) is 8.78. The number of aliphatic carboxylic acids is 1. The van der Waals surface area contributed by atoms with Gasteiger partial charge in [0, 0.05) is 29.6 Å². The number of hydrogen-bond donors (Lipinski definition) is 2. The van der Waals surface area contributed by atoms with Gasteiger partial charge in [-0.05, 0) is 69.5 Å². The standard InChI is InChI=1S/C19H26N2O3/c1-21-9-4-5-15(21)11-14-13-20-18-8-7-16(12-17(14)18)24-10-3-2-6-19(22)23/h7-8,12-13,15,20H,2-6,9-11H2,1H3,(H,22,23)/t15-/m1/s1. The van der Waals surface area contributed by atoms with Crippen LogP contribution in [-0.4, -0.2) is 47.2 Å². The third-order valence-electron chi connectivity index (χ3n) is 4.92. The van der Waals surface area contributed by atoms with Crippen LogP contribution in [0.25, 0.3) is 10.9 Å². The van der Waals surface area contributed by atoms with Crippen molar-refractivity contribution in [1.82, 2.24) is 9.88 Å². The van der Waals surface area contributed by atoms with Gasteiger partial charge in [-0.15, -0.1) is 0 Å². The van der Waals surface area contributed by atoms with Crippen molar-refractivity contribution in [3.05, 3.63) is 30.0 Å². The van der Waals surface area contributed by atoms with Gasteiger partial charge in [0.2, 0.25) is 0 Å². The van der Waals surface area contributed by atoms with E-state index < -0.39 is 5.97 Å². The normalized spacial score (nSPS) is 18.3. The van der Waals surface area contributed by atoms with E-state index in [4.69, 9.17) is 9.84 Å². The zero-order valence-electron chi connectivity index (χ0n) is 14.3. The lowest BCUT2D eigenvalue weighted by Gasteiger charge is -2.18. The van der Waals surface area contributed by atoms with Crippen LogP contribution in [0.15, 0.2) is 24.4 Å².